The maximum atomic E-state index is 11.8. The Morgan fingerprint density at radius 2 is 2.00 bits per heavy atom. The van der Waals surface area contributed by atoms with Crippen LogP contribution in [0.2, 0.25) is 0 Å². The fourth-order valence-electron chi connectivity index (χ4n) is 2.77. The van der Waals surface area contributed by atoms with Gasteiger partial charge in [-0.15, -0.1) is 0 Å². The van der Waals surface area contributed by atoms with E-state index in [-0.39, 0.29) is 30.9 Å². The van der Waals surface area contributed by atoms with Gasteiger partial charge in [0, 0.05) is 38.3 Å². The number of hydrogen-bond donors (Lipinski definition) is 2. The van der Waals surface area contributed by atoms with Crippen molar-refractivity contribution in [3.05, 3.63) is 30.3 Å². The number of nitrogens with one attached hydrogen (secondary N) is 2. The SMILES string of the molecule is CCN(CCCNC(=O)CCCN1C(=O)CNC1=O)c1ccccc1. The first-order valence-electron chi connectivity index (χ1n) is 8.76. The van der Waals surface area contributed by atoms with Gasteiger partial charge in [-0.1, -0.05) is 18.2 Å². The molecule has 1 aliphatic heterocycles. The fourth-order valence-corrected chi connectivity index (χ4v) is 2.77. The number of carbonyl (C=O) groups excluding carboxylic acids is 3. The van der Waals surface area contributed by atoms with Crippen molar-refractivity contribution in [1.82, 2.24) is 15.5 Å². The van der Waals surface area contributed by atoms with E-state index >= 15 is 0 Å². The van der Waals surface area contributed by atoms with Crippen LogP contribution >= 0.6 is 0 Å². The minimum absolute atomic E-state index is 0.0465. The summed E-state index contributed by atoms with van der Waals surface area (Å²) in [6.07, 6.45) is 1.66. The van der Waals surface area contributed by atoms with E-state index in [2.05, 4.69) is 34.6 Å². The van der Waals surface area contributed by atoms with Crippen molar-refractivity contribution in [1.29, 1.82) is 0 Å². The number of para-hydroxylation sites is 1. The average molecular weight is 346 g/mol. The van der Waals surface area contributed by atoms with Crippen molar-refractivity contribution in [2.24, 2.45) is 0 Å². The van der Waals surface area contributed by atoms with Gasteiger partial charge in [-0.25, -0.2) is 4.79 Å². The summed E-state index contributed by atoms with van der Waals surface area (Å²) in [6.45, 7) is 4.87. The number of anilines is 1. The van der Waals surface area contributed by atoms with Crippen molar-refractivity contribution in [2.75, 3.05) is 37.6 Å². The highest BCUT2D eigenvalue weighted by molar-refractivity contribution is 6.01. The number of carbonyl (C=O) groups is 3. The van der Waals surface area contributed by atoms with E-state index in [1.807, 2.05) is 18.2 Å². The molecular formula is C18H26N4O3. The monoisotopic (exact) mass is 346 g/mol. The summed E-state index contributed by atoms with van der Waals surface area (Å²) in [5.74, 6) is -0.277. The second-order valence-electron chi connectivity index (χ2n) is 5.93. The lowest BCUT2D eigenvalue weighted by atomic mass is 10.2. The third-order valence-electron chi connectivity index (χ3n) is 4.15. The second kappa shape index (κ2) is 9.66. The number of urea groups is 1. The normalized spacial score (nSPS) is 13.7. The Kier molecular flexibility index (Phi) is 7.25. The third kappa shape index (κ3) is 5.77. The van der Waals surface area contributed by atoms with E-state index in [9.17, 15) is 14.4 Å². The molecule has 0 spiro atoms. The molecule has 1 saturated heterocycles. The van der Waals surface area contributed by atoms with Gasteiger partial charge in [-0.05, 0) is 31.9 Å². The van der Waals surface area contributed by atoms with Gasteiger partial charge >= 0.3 is 6.03 Å². The van der Waals surface area contributed by atoms with Crippen LogP contribution in [0.1, 0.15) is 26.2 Å². The largest absolute Gasteiger partial charge is 0.372 e. The Morgan fingerprint density at radius 3 is 2.64 bits per heavy atom. The van der Waals surface area contributed by atoms with Crippen molar-refractivity contribution < 1.29 is 14.4 Å². The Labute approximate surface area is 148 Å². The summed E-state index contributed by atoms with van der Waals surface area (Å²) in [5, 5.41) is 5.35. The summed E-state index contributed by atoms with van der Waals surface area (Å²) in [6, 6.07) is 9.83. The number of rotatable bonds is 10. The molecule has 136 valence electrons. The molecular weight excluding hydrogens is 320 g/mol. The van der Waals surface area contributed by atoms with Gasteiger partial charge in [-0.3, -0.25) is 14.5 Å². The lowest BCUT2D eigenvalue weighted by Gasteiger charge is -2.23. The van der Waals surface area contributed by atoms with Crippen LogP contribution < -0.4 is 15.5 Å². The molecule has 1 aromatic carbocycles. The zero-order valence-corrected chi connectivity index (χ0v) is 14.7. The van der Waals surface area contributed by atoms with E-state index in [0.29, 0.717) is 19.4 Å². The number of benzene rings is 1. The van der Waals surface area contributed by atoms with Gasteiger partial charge in [0.2, 0.25) is 11.8 Å². The maximum Gasteiger partial charge on any atom is 0.324 e. The van der Waals surface area contributed by atoms with Crippen molar-refractivity contribution in [2.45, 2.75) is 26.2 Å². The highest BCUT2D eigenvalue weighted by atomic mass is 16.2. The number of hydrogen-bond acceptors (Lipinski definition) is 4. The van der Waals surface area contributed by atoms with Crippen LogP contribution in [-0.4, -0.2) is 55.5 Å². The topological polar surface area (TPSA) is 81.8 Å². The molecule has 0 aromatic heterocycles. The van der Waals surface area contributed by atoms with Crippen molar-refractivity contribution in [3.8, 4) is 0 Å². The molecule has 0 aliphatic carbocycles. The molecule has 2 rings (SSSR count). The summed E-state index contributed by atoms with van der Waals surface area (Å²) >= 11 is 0. The smallest absolute Gasteiger partial charge is 0.324 e. The Morgan fingerprint density at radius 1 is 1.24 bits per heavy atom. The van der Waals surface area contributed by atoms with Gasteiger partial charge in [-0.2, -0.15) is 0 Å². The predicted molar refractivity (Wildman–Crippen MR) is 96.3 cm³/mol. The van der Waals surface area contributed by atoms with Crippen LogP contribution in [0.15, 0.2) is 30.3 Å². The molecule has 0 atom stereocenters. The Balaban J connectivity index is 1.59. The fraction of sp³-hybridized carbons (Fsp3) is 0.500. The second-order valence-corrected chi connectivity index (χ2v) is 5.93. The molecule has 2 N–H and O–H groups in total. The van der Waals surface area contributed by atoms with E-state index in [0.717, 1.165) is 24.4 Å². The molecule has 4 amide bonds. The average Bonchev–Trinajstić information content (AvgIpc) is 2.94. The van der Waals surface area contributed by atoms with Crippen molar-refractivity contribution >= 4 is 23.5 Å². The molecule has 0 saturated carbocycles. The van der Waals surface area contributed by atoms with Gasteiger partial charge in [0.05, 0.1) is 6.54 Å². The highest BCUT2D eigenvalue weighted by Gasteiger charge is 2.27. The lowest BCUT2D eigenvalue weighted by Crippen LogP contribution is -2.33. The number of imide groups is 1. The molecule has 7 heteroatoms. The minimum atomic E-state index is -0.369. The first-order chi connectivity index (χ1) is 12.1. The third-order valence-corrected chi connectivity index (χ3v) is 4.15. The van der Waals surface area contributed by atoms with Crippen molar-refractivity contribution in [3.63, 3.8) is 0 Å². The summed E-state index contributed by atoms with van der Waals surface area (Å²) in [7, 11) is 0. The van der Waals surface area contributed by atoms with E-state index in [4.69, 9.17) is 0 Å². The molecule has 0 bridgehead atoms. The standard InChI is InChI=1S/C18H26N4O3/c1-2-21(15-8-4-3-5-9-15)12-7-11-19-16(23)10-6-13-22-17(24)14-20-18(22)25/h3-5,8-9H,2,6-7,10-14H2,1H3,(H,19,23)(H,20,25). The summed E-state index contributed by atoms with van der Waals surface area (Å²) in [5.41, 5.74) is 1.19. The predicted octanol–water partition coefficient (Wildman–Crippen LogP) is 1.35. The first-order valence-corrected chi connectivity index (χ1v) is 8.76. The van der Waals surface area contributed by atoms with E-state index in [1.54, 1.807) is 0 Å². The molecule has 25 heavy (non-hydrogen) atoms. The van der Waals surface area contributed by atoms with Crippen LogP contribution in [0.25, 0.3) is 0 Å². The summed E-state index contributed by atoms with van der Waals surface area (Å²) < 4.78 is 0. The molecule has 1 heterocycles. The van der Waals surface area contributed by atoms with E-state index in [1.165, 1.54) is 5.69 Å². The first kappa shape index (κ1) is 18.8. The molecule has 0 unspecified atom stereocenters. The Bertz CT molecular complexity index is 575. The quantitative estimate of drug-likeness (QED) is 0.495. The van der Waals surface area contributed by atoms with Crippen LogP contribution in [0.3, 0.4) is 0 Å². The molecule has 1 aromatic rings. The maximum absolute atomic E-state index is 11.8. The molecule has 1 fully saturated rings. The highest BCUT2D eigenvalue weighted by Crippen LogP contribution is 2.12. The molecule has 0 radical (unpaired) electrons. The molecule has 1 aliphatic rings. The molecule has 7 nitrogen and oxygen atoms in total. The van der Waals surface area contributed by atoms with E-state index < -0.39 is 0 Å². The minimum Gasteiger partial charge on any atom is -0.372 e. The number of amides is 4. The zero-order chi connectivity index (χ0) is 18.1. The van der Waals surface area contributed by atoms with Gasteiger partial charge in [0.15, 0.2) is 0 Å². The van der Waals surface area contributed by atoms with Crippen LogP contribution in [0.4, 0.5) is 10.5 Å². The lowest BCUT2D eigenvalue weighted by molar-refractivity contribution is -0.126. The van der Waals surface area contributed by atoms with Gasteiger partial charge < -0.3 is 15.5 Å². The number of nitrogens with zero attached hydrogens (tertiary/aromatic N) is 2. The Hall–Kier alpha value is -2.57. The van der Waals surface area contributed by atoms with Gasteiger partial charge in [0.25, 0.3) is 0 Å². The zero-order valence-electron chi connectivity index (χ0n) is 14.7. The van der Waals surface area contributed by atoms with Crippen LogP contribution in [0.5, 0.6) is 0 Å². The summed E-state index contributed by atoms with van der Waals surface area (Å²) in [4.78, 5) is 38.0. The van der Waals surface area contributed by atoms with Gasteiger partial charge in [0.1, 0.15) is 0 Å². The van der Waals surface area contributed by atoms with Crippen LogP contribution in [-0.2, 0) is 9.59 Å². The van der Waals surface area contributed by atoms with Crippen LogP contribution in [0, 0.1) is 0 Å².